The van der Waals surface area contributed by atoms with Gasteiger partial charge in [-0.15, -0.1) is 0 Å². The maximum absolute atomic E-state index is 12.4. The average Bonchev–Trinajstić information content (AvgIpc) is 2.39. The molecular formula is C17H24O4. The van der Waals surface area contributed by atoms with E-state index < -0.39 is 17.4 Å². The molecule has 1 aromatic rings. The number of carbonyl (C=O) groups excluding carboxylic acids is 1. The molecule has 21 heavy (non-hydrogen) atoms. The van der Waals surface area contributed by atoms with Gasteiger partial charge >= 0.3 is 11.9 Å². The van der Waals surface area contributed by atoms with Crippen molar-refractivity contribution in [3.8, 4) is 0 Å². The Morgan fingerprint density at radius 1 is 1.33 bits per heavy atom. The molecule has 116 valence electrons. The zero-order valence-corrected chi connectivity index (χ0v) is 13.2. The standard InChI is InChI=1S/C17H24O4/c1-5-21-16(20)17(15(18)19,10-9-12(2)3)14-8-6-7-13(4)11-14/h6-8,11-12H,5,9-10H2,1-4H3,(H,18,19). The second-order valence-electron chi connectivity index (χ2n) is 5.73. The SMILES string of the molecule is CCOC(=O)C(CCC(C)C)(C(=O)O)c1cccc(C)c1. The number of benzene rings is 1. The van der Waals surface area contributed by atoms with Crippen molar-refractivity contribution in [1.29, 1.82) is 0 Å². The Balaban J connectivity index is 3.36. The summed E-state index contributed by atoms with van der Waals surface area (Å²) in [6.45, 7) is 7.75. The van der Waals surface area contributed by atoms with E-state index in [-0.39, 0.29) is 13.0 Å². The third kappa shape index (κ3) is 3.84. The number of aryl methyl sites for hydroxylation is 1. The van der Waals surface area contributed by atoms with Gasteiger partial charge < -0.3 is 9.84 Å². The Bertz CT molecular complexity index is 507. The van der Waals surface area contributed by atoms with Crippen molar-refractivity contribution in [2.75, 3.05) is 6.61 Å². The van der Waals surface area contributed by atoms with Crippen molar-refractivity contribution >= 4 is 11.9 Å². The Labute approximate surface area is 126 Å². The van der Waals surface area contributed by atoms with Crippen LogP contribution in [-0.4, -0.2) is 23.7 Å². The van der Waals surface area contributed by atoms with E-state index in [1.54, 1.807) is 25.1 Å². The maximum Gasteiger partial charge on any atom is 0.328 e. The Kier molecular flexibility index (Phi) is 5.94. The topological polar surface area (TPSA) is 63.6 Å². The van der Waals surface area contributed by atoms with Gasteiger partial charge in [-0.05, 0) is 38.2 Å². The average molecular weight is 292 g/mol. The fourth-order valence-corrected chi connectivity index (χ4v) is 2.35. The lowest BCUT2D eigenvalue weighted by Crippen LogP contribution is -2.45. The van der Waals surface area contributed by atoms with Crippen LogP contribution in [-0.2, 0) is 19.7 Å². The minimum Gasteiger partial charge on any atom is -0.480 e. The number of aliphatic carboxylic acids is 1. The second-order valence-corrected chi connectivity index (χ2v) is 5.73. The number of carboxylic acid groups (broad SMARTS) is 1. The van der Waals surface area contributed by atoms with E-state index >= 15 is 0 Å². The number of carboxylic acids is 1. The lowest BCUT2D eigenvalue weighted by atomic mass is 9.75. The first-order valence-electron chi connectivity index (χ1n) is 7.32. The number of hydrogen-bond donors (Lipinski definition) is 1. The number of ether oxygens (including phenoxy) is 1. The Morgan fingerprint density at radius 2 is 2.00 bits per heavy atom. The van der Waals surface area contributed by atoms with Crippen molar-refractivity contribution in [3.05, 3.63) is 35.4 Å². The zero-order valence-electron chi connectivity index (χ0n) is 13.2. The number of esters is 1. The molecule has 0 heterocycles. The highest BCUT2D eigenvalue weighted by Crippen LogP contribution is 2.33. The van der Waals surface area contributed by atoms with Gasteiger partial charge in [-0.2, -0.15) is 0 Å². The molecule has 0 aromatic heterocycles. The molecule has 0 amide bonds. The predicted octanol–water partition coefficient (Wildman–Crippen LogP) is 3.32. The smallest absolute Gasteiger partial charge is 0.328 e. The first-order valence-corrected chi connectivity index (χ1v) is 7.32. The Hall–Kier alpha value is -1.84. The fourth-order valence-electron chi connectivity index (χ4n) is 2.35. The van der Waals surface area contributed by atoms with Crippen LogP contribution in [0.2, 0.25) is 0 Å². The van der Waals surface area contributed by atoms with E-state index in [1.165, 1.54) is 0 Å². The van der Waals surface area contributed by atoms with Crippen molar-refractivity contribution in [3.63, 3.8) is 0 Å². The van der Waals surface area contributed by atoms with E-state index in [4.69, 9.17) is 4.74 Å². The highest BCUT2D eigenvalue weighted by Gasteiger charge is 2.49. The van der Waals surface area contributed by atoms with Crippen LogP contribution in [0.1, 0.15) is 44.7 Å². The van der Waals surface area contributed by atoms with Crippen LogP contribution in [0.4, 0.5) is 0 Å². The molecule has 1 N–H and O–H groups in total. The van der Waals surface area contributed by atoms with Crippen LogP contribution in [0.15, 0.2) is 24.3 Å². The molecule has 1 rings (SSSR count). The molecule has 0 fully saturated rings. The molecular weight excluding hydrogens is 268 g/mol. The molecule has 4 heteroatoms. The molecule has 0 aliphatic heterocycles. The van der Waals surface area contributed by atoms with Gasteiger partial charge in [-0.3, -0.25) is 9.59 Å². The van der Waals surface area contributed by atoms with E-state index in [0.29, 0.717) is 17.9 Å². The van der Waals surface area contributed by atoms with Crippen molar-refractivity contribution < 1.29 is 19.4 Å². The lowest BCUT2D eigenvalue weighted by Gasteiger charge is -2.28. The van der Waals surface area contributed by atoms with Gasteiger partial charge in [-0.25, -0.2) is 0 Å². The summed E-state index contributed by atoms with van der Waals surface area (Å²) in [5, 5.41) is 9.78. The second kappa shape index (κ2) is 7.25. The summed E-state index contributed by atoms with van der Waals surface area (Å²) in [5.74, 6) is -1.51. The summed E-state index contributed by atoms with van der Waals surface area (Å²) in [6.07, 6.45) is 0.876. The quantitative estimate of drug-likeness (QED) is 0.618. The molecule has 0 spiro atoms. The summed E-state index contributed by atoms with van der Waals surface area (Å²) in [6, 6.07) is 7.10. The predicted molar refractivity (Wildman–Crippen MR) is 81.2 cm³/mol. The van der Waals surface area contributed by atoms with Gasteiger partial charge in [-0.1, -0.05) is 43.7 Å². The molecule has 4 nitrogen and oxygen atoms in total. The van der Waals surface area contributed by atoms with E-state index in [0.717, 1.165) is 5.56 Å². The zero-order chi connectivity index (χ0) is 16.0. The van der Waals surface area contributed by atoms with Gasteiger partial charge in [0.2, 0.25) is 0 Å². The highest BCUT2D eigenvalue weighted by molar-refractivity contribution is 6.05. The summed E-state index contributed by atoms with van der Waals surface area (Å²) in [4.78, 5) is 24.4. The third-order valence-corrected chi connectivity index (χ3v) is 3.60. The van der Waals surface area contributed by atoms with Gasteiger partial charge in [0.05, 0.1) is 6.61 Å². The molecule has 1 unspecified atom stereocenters. The van der Waals surface area contributed by atoms with E-state index in [2.05, 4.69) is 0 Å². The van der Waals surface area contributed by atoms with Gasteiger partial charge in [0.15, 0.2) is 5.41 Å². The van der Waals surface area contributed by atoms with Gasteiger partial charge in [0.1, 0.15) is 0 Å². The number of carbonyl (C=O) groups is 2. The summed E-state index contributed by atoms with van der Waals surface area (Å²) in [5.41, 5.74) is -0.201. The van der Waals surface area contributed by atoms with Crippen LogP contribution in [0.3, 0.4) is 0 Å². The molecule has 1 atom stereocenters. The molecule has 0 saturated carbocycles. The normalized spacial score (nSPS) is 13.8. The number of hydrogen-bond acceptors (Lipinski definition) is 3. The molecule has 0 radical (unpaired) electrons. The van der Waals surface area contributed by atoms with Gasteiger partial charge in [0, 0.05) is 0 Å². The van der Waals surface area contributed by atoms with Crippen LogP contribution >= 0.6 is 0 Å². The number of rotatable bonds is 7. The minimum atomic E-state index is -1.62. The molecule has 0 aliphatic rings. The van der Waals surface area contributed by atoms with E-state index in [9.17, 15) is 14.7 Å². The third-order valence-electron chi connectivity index (χ3n) is 3.60. The van der Waals surface area contributed by atoms with Crippen LogP contribution < -0.4 is 0 Å². The minimum absolute atomic E-state index is 0.168. The highest BCUT2D eigenvalue weighted by atomic mass is 16.5. The lowest BCUT2D eigenvalue weighted by molar-refractivity contribution is -0.162. The summed E-state index contributed by atoms with van der Waals surface area (Å²) >= 11 is 0. The van der Waals surface area contributed by atoms with E-state index in [1.807, 2.05) is 26.8 Å². The van der Waals surface area contributed by atoms with Crippen molar-refractivity contribution in [2.24, 2.45) is 5.92 Å². The van der Waals surface area contributed by atoms with Crippen LogP contribution in [0.5, 0.6) is 0 Å². The maximum atomic E-state index is 12.4. The largest absolute Gasteiger partial charge is 0.480 e. The van der Waals surface area contributed by atoms with Gasteiger partial charge in [0.25, 0.3) is 0 Å². The summed E-state index contributed by atoms with van der Waals surface area (Å²) < 4.78 is 5.08. The van der Waals surface area contributed by atoms with Crippen molar-refractivity contribution in [1.82, 2.24) is 0 Å². The first kappa shape index (κ1) is 17.2. The van der Waals surface area contributed by atoms with Crippen LogP contribution in [0.25, 0.3) is 0 Å². The van der Waals surface area contributed by atoms with Crippen molar-refractivity contribution in [2.45, 2.75) is 46.0 Å². The molecule has 0 aliphatic carbocycles. The molecule has 1 aromatic carbocycles. The monoisotopic (exact) mass is 292 g/mol. The summed E-state index contributed by atoms with van der Waals surface area (Å²) in [7, 11) is 0. The fraction of sp³-hybridized carbons (Fsp3) is 0.529. The molecule has 0 saturated heterocycles. The first-order chi connectivity index (χ1) is 9.84. The van der Waals surface area contributed by atoms with Crippen LogP contribution in [0, 0.1) is 12.8 Å². The Morgan fingerprint density at radius 3 is 2.48 bits per heavy atom. The molecule has 0 bridgehead atoms.